The maximum Gasteiger partial charge on any atom is 0.272 e. The summed E-state index contributed by atoms with van der Waals surface area (Å²) >= 11 is 0. The van der Waals surface area contributed by atoms with Crippen LogP contribution in [0.15, 0.2) is 12.1 Å². The number of aromatic nitrogens is 2. The molecule has 2 fully saturated rings. The highest BCUT2D eigenvalue weighted by atomic mass is 16.5. The number of carbonyl (C=O) groups excluding carboxylic acids is 1. The van der Waals surface area contributed by atoms with Gasteiger partial charge in [-0.2, -0.15) is 0 Å². The number of hydrogen-bond donors (Lipinski definition) is 2. The van der Waals surface area contributed by atoms with Gasteiger partial charge >= 0.3 is 0 Å². The van der Waals surface area contributed by atoms with Crippen LogP contribution >= 0.6 is 0 Å². The summed E-state index contributed by atoms with van der Waals surface area (Å²) in [5, 5.41) is 10.4. The van der Waals surface area contributed by atoms with Crippen LogP contribution in [0, 0.1) is 0 Å². The van der Waals surface area contributed by atoms with Gasteiger partial charge in [-0.3, -0.25) is 4.79 Å². The van der Waals surface area contributed by atoms with E-state index >= 15 is 0 Å². The SMILES string of the molecule is Nc1ccc(C(=O)NC2CC3CCC2O3)nn1. The van der Waals surface area contributed by atoms with Gasteiger partial charge in [0.25, 0.3) is 5.91 Å². The van der Waals surface area contributed by atoms with Crippen molar-refractivity contribution >= 4 is 11.7 Å². The van der Waals surface area contributed by atoms with E-state index in [1.807, 2.05) is 0 Å². The van der Waals surface area contributed by atoms with Crippen molar-refractivity contribution in [3.05, 3.63) is 17.8 Å². The molecule has 3 atom stereocenters. The van der Waals surface area contributed by atoms with E-state index in [9.17, 15) is 4.79 Å². The third-order valence-electron chi connectivity index (χ3n) is 3.34. The number of anilines is 1. The van der Waals surface area contributed by atoms with Crippen LogP contribution in [0.3, 0.4) is 0 Å². The number of nitrogens with zero attached hydrogens (tertiary/aromatic N) is 2. The minimum absolute atomic E-state index is 0.112. The zero-order chi connectivity index (χ0) is 11.8. The minimum atomic E-state index is -0.210. The van der Waals surface area contributed by atoms with Crippen LogP contribution in [0.4, 0.5) is 5.82 Å². The number of nitrogen functional groups attached to an aromatic ring is 1. The second kappa shape index (κ2) is 3.96. The zero-order valence-corrected chi connectivity index (χ0v) is 9.30. The van der Waals surface area contributed by atoms with E-state index in [0.717, 1.165) is 19.3 Å². The standard InChI is InChI=1S/C11H14N4O2/c12-10-4-2-7(14-15-10)11(16)13-8-5-6-1-3-9(8)17-6/h2,4,6,8-9H,1,3,5H2,(H2,12,15)(H,13,16). The van der Waals surface area contributed by atoms with E-state index in [0.29, 0.717) is 17.6 Å². The highest BCUT2D eigenvalue weighted by Gasteiger charge is 2.41. The lowest BCUT2D eigenvalue weighted by Gasteiger charge is -2.19. The number of nitrogens with one attached hydrogen (secondary N) is 1. The van der Waals surface area contributed by atoms with Gasteiger partial charge in [-0.25, -0.2) is 0 Å². The van der Waals surface area contributed by atoms with Gasteiger partial charge in [-0.05, 0) is 31.4 Å². The van der Waals surface area contributed by atoms with Crippen molar-refractivity contribution in [2.24, 2.45) is 0 Å². The lowest BCUT2D eigenvalue weighted by atomic mass is 9.95. The Morgan fingerprint density at radius 1 is 1.41 bits per heavy atom. The normalized spacial score (nSPS) is 30.5. The molecule has 90 valence electrons. The van der Waals surface area contributed by atoms with Gasteiger partial charge in [0, 0.05) is 0 Å². The van der Waals surface area contributed by atoms with Gasteiger partial charge in [0.15, 0.2) is 5.69 Å². The van der Waals surface area contributed by atoms with Gasteiger partial charge < -0.3 is 15.8 Å². The first-order chi connectivity index (χ1) is 8.22. The predicted octanol–water partition coefficient (Wildman–Crippen LogP) is 0.109. The molecule has 2 aliphatic heterocycles. The molecule has 6 nitrogen and oxygen atoms in total. The molecule has 0 saturated carbocycles. The number of ether oxygens (including phenoxy) is 1. The Morgan fingerprint density at radius 2 is 2.29 bits per heavy atom. The quantitative estimate of drug-likeness (QED) is 0.758. The van der Waals surface area contributed by atoms with Gasteiger partial charge in [-0.15, -0.1) is 10.2 Å². The third-order valence-corrected chi connectivity index (χ3v) is 3.34. The van der Waals surface area contributed by atoms with Crippen molar-refractivity contribution in [3.8, 4) is 0 Å². The molecule has 1 aromatic rings. The molecule has 0 aliphatic carbocycles. The summed E-state index contributed by atoms with van der Waals surface area (Å²) in [6.07, 6.45) is 3.54. The average Bonchev–Trinajstić information content (AvgIpc) is 2.91. The van der Waals surface area contributed by atoms with Crippen molar-refractivity contribution < 1.29 is 9.53 Å². The van der Waals surface area contributed by atoms with E-state index in [2.05, 4.69) is 15.5 Å². The zero-order valence-electron chi connectivity index (χ0n) is 9.30. The largest absolute Gasteiger partial charge is 0.382 e. The van der Waals surface area contributed by atoms with Gasteiger partial charge in [0.05, 0.1) is 18.2 Å². The summed E-state index contributed by atoms with van der Waals surface area (Å²) in [6.45, 7) is 0. The second-order valence-electron chi connectivity index (χ2n) is 4.53. The van der Waals surface area contributed by atoms with Gasteiger partial charge in [-0.1, -0.05) is 0 Å². The van der Waals surface area contributed by atoms with E-state index in [4.69, 9.17) is 10.5 Å². The number of nitrogens with two attached hydrogens (primary N) is 1. The Hall–Kier alpha value is -1.69. The molecule has 3 rings (SSSR count). The smallest absolute Gasteiger partial charge is 0.272 e. The molecule has 6 heteroatoms. The average molecular weight is 234 g/mol. The maximum absolute atomic E-state index is 11.9. The topological polar surface area (TPSA) is 90.1 Å². The number of carbonyl (C=O) groups is 1. The van der Waals surface area contributed by atoms with Crippen LogP contribution in [0.5, 0.6) is 0 Å². The molecule has 2 saturated heterocycles. The number of hydrogen-bond acceptors (Lipinski definition) is 5. The van der Waals surface area contributed by atoms with E-state index in [1.54, 1.807) is 12.1 Å². The van der Waals surface area contributed by atoms with Crippen LogP contribution in [-0.2, 0) is 4.74 Å². The van der Waals surface area contributed by atoms with E-state index < -0.39 is 0 Å². The first kappa shape index (κ1) is 10.5. The summed E-state index contributed by atoms with van der Waals surface area (Å²) in [5.74, 6) is 0.100. The van der Waals surface area contributed by atoms with Crippen LogP contribution in [0.1, 0.15) is 29.8 Å². The molecule has 3 heterocycles. The molecule has 17 heavy (non-hydrogen) atoms. The highest BCUT2D eigenvalue weighted by molar-refractivity contribution is 5.92. The number of fused-ring (bicyclic) bond motifs is 2. The van der Waals surface area contributed by atoms with Gasteiger partial charge in [0.1, 0.15) is 5.82 Å². The third kappa shape index (κ3) is 1.95. The summed E-state index contributed by atoms with van der Waals surface area (Å²) in [7, 11) is 0. The molecule has 1 aromatic heterocycles. The Morgan fingerprint density at radius 3 is 2.88 bits per heavy atom. The number of amides is 1. The summed E-state index contributed by atoms with van der Waals surface area (Å²) in [6, 6.07) is 3.26. The van der Waals surface area contributed by atoms with Gasteiger partial charge in [0.2, 0.25) is 0 Å². The maximum atomic E-state index is 11.9. The first-order valence-electron chi connectivity index (χ1n) is 5.78. The molecule has 3 unspecified atom stereocenters. The number of rotatable bonds is 2. The Balaban J connectivity index is 1.65. The summed E-state index contributed by atoms with van der Waals surface area (Å²) < 4.78 is 5.67. The molecule has 2 bridgehead atoms. The van der Waals surface area contributed by atoms with Crippen LogP contribution in [-0.4, -0.2) is 34.4 Å². The Kier molecular flexibility index (Phi) is 2.44. The Bertz CT molecular complexity index is 434. The molecule has 3 N–H and O–H groups in total. The first-order valence-corrected chi connectivity index (χ1v) is 5.78. The molecule has 1 amide bonds. The van der Waals surface area contributed by atoms with E-state index in [-0.39, 0.29) is 18.1 Å². The van der Waals surface area contributed by atoms with E-state index in [1.165, 1.54) is 0 Å². The molecule has 0 radical (unpaired) electrons. The fourth-order valence-corrected chi connectivity index (χ4v) is 2.50. The molecular weight excluding hydrogens is 220 g/mol. The molecular formula is C11H14N4O2. The Labute approximate surface area is 98.5 Å². The van der Waals surface area contributed by atoms with Crippen molar-refractivity contribution in [1.82, 2.24) is 15.5 Å². The predicted molar refractivity (Wildman–Crippen MR) is 60.2 cm³/mol. The molecule has 0 aromatic carbocycles. The van der Waals surface area contributed by atoms with Crippen LogP contribution in [0.25, 0.3) is 0 Å². The second-order valence-corrected chi connectivity index (χ2v) is 4.53. The minimum Gasteiger partial charge on any atom is -0.382 e. The van der Waals surface area contributed by atoms with Crippen LogP contribution in [0.2, 0.25) is 0 Å². The van der Waals surface area contributed by atoms with Crippen molar-refractivity contribution in [1.29, 1.82) is 0 Å². The molecule has 2 aliphatic rings. The van der Waals surface area contributed by atoms with Crippen molar-refractivity contribution in [2.75, 3.05) is 5.73 Å². The molecule has 0 spiro atoms. The van der Waals surface area contributed by atoms with Crippen molar-refractivity contribution in [3.63, 3.8) is 0 Å². The lowest BCUT2D eigenvalue weighted by Crippen LogP contribution is -2.41. The van der Waals surface area contributed by atoms with Crippen molar-refractivity contribution in [2.45, 2.75) is 37.5 Å². The van der Waals surface area contributed by atoms with Crippen LogP contribution < -0.4 is 11.1 Å². The fraction of sp³-hybridized carbons (Fsp3) is 0.545. The lowest BCUT2D eigenvalue weighted by molar-refractivity contribution is 0.0837. The summed E-state index contributed by atoms with van der Waals surface area (Å²) in [4.78, 5) is 11.9. The highest BCUT2D eigenvalue weighted by Crippen LogP contribution is 2.34. The summed E-state index contributed by atoms with van der Waals surface area (Å²) in [5.41, 5.74) is 5.71. The monoisotopic (exact) mass is 234 g/mol. The fourth-order valence-electron chi connectivity index (χ4n) is 2.50.